The second kappa shape index (κ2) is 5.75. The molecule has 0 spiro atoms. The smallest absolute Gasteiger partial charge is 0.277 e. The minimum absolute atomic E-state index is 0.0935. The number of hydrogen-bond donors (Lipinski definition) is 1. The largest absolute Gasteiger partial charge is 0.351 e. The maximum Gasteiger partial charge on any atom is 0.277 e. The van der Waals surface area contributed by atoms with Crippen molar-refractivity contribution < 1.29 is 4.79 Å². The maximum atomic E-state index is 12.6. The lowest BCUT2D eigenvalue weighted by molar-refractivity contribution is 0.0984. The average molecular weight is 280 g/mol. The lowest BCUT2D eigenvalue weighted by Gasteiger charge is -2.16. The summed E-state index contributed by atoms with van der Waals surface area (Å²) >= 11 is 0. The van der Waals surface area contributed by atoms with E-state index in [1.165, 1.54) is 5.56 Å². The zero-order valence-corrected chi connectivity index (χ0v) is 11.6. The van der Waals surface area contributed by atoms with Crippen LogP contribution in [0.1, 0.15) is 16.1 Å². The Kier molecular flexibility index (Phi) is 3.64. The van der Waals surface area contributed by atoms with Gasteiger partial charge in [0.05, 0.1) is 0 Å². The van der Waals surface area contributed by atoms with Gasteiger partial charge in [-0.3, -0.25) is 4.79 Å². The molecule has 3 rings (SSSR count). The summed E-state index contributed by atoms with van der Waals surface area (Å²) in [5.41, 5.74) is 2.57. The number of benzene rings is 1. The Bertz CT molecular complexity index is 683. The maximum absolute atomic E-state index is 12.6. The molecule has 21 heavy (non-hydrogen) atoms. The second-order valence-corrected chi connectivity index (χ2v) is 4.77. The molecule has 1 aromatic heterocycles. The van der Waals surface area contributed by atoms with Gasteiger partial charge in [0.1, 0.15) is 5.69 Å². The molecular weight excluding hydrogens is 264 g/mol. The number of rotatable bonds is 4. The summed E-state index contributed by atoms with van der Waals surface area (Å²) in [4.78, 5) is 22.8. The van der Waals surface area contributed by atoms with Crippen LogP contribution in [0.3, 0.4) is 0 Å². The van der Waals surface area contributed by atoms with Crippen molar-refractivity contribution >= 4 is 17.5 Å². The fraction of sp³-hybridized carbons (Fsp3) is 0.188. The minimum atomic E-state index is -0.0935. The van der Waals surface area contributed by atoms with Crippen molar-refractivity contribution in [2.75, 3.05) is 23.3 Å². The molecule has 0 saturated carbocycles. The number of aromatic nitrogens is 2. The Hall–Kier alpha value is -2.69. The first kappa shape index (κ1) is 13.3. The number of nitrogens with zero attached hydrogens (tertiary/aromatic N) is 3. The van der Waals surface area contributed by atoms with Crippen molar-refractivity contribution in [2.24, 2.45) is 0 Å². The SMILES string of the molecule is C=CCNc1nccc(C(=O)N2CCc3ccccc32)n1. The normalized spacial score (nSPS) is 12.9. The van der Waals surface area contributed by atoms with E-state index in [2.05, 4.69) is 27.9 Å². The zero-order chi connectivity index (χ0) is 14.7. The highest BCUT2D eigenvalue weighted by Gasteiger charge is 2.26. The standard InChI is InChI=1S/C16H16N4O/c1-2-9-17-16-18-10-7-13(19-16)15(21)20-11-8-12-5-3-4-6-14(12)20/h2-7,10H,1,8-9,11H2,(H,17,18,19). The Labute approximate surface area is 123 Å². The Morgan fingerprint density at radius 3 is 3.10 bits per heavy atom. The van der Waals surface area contributed by atoms with Gasteiger partial charge in [-0.15, -0.1) is 6.58 Å². The Morgan fingerprint density at radius 2 is 2.24 bits per heavy atom. The number of amides is 1. The van der Waals surface area contributed by atoms with Gasteiger partial charge in [-0.2, -0.15) is 0 Å². The van der Waals surface area contributed by atoms with Gasteiger partial charge < -0.3 is 10.2 Å². The lowest BCUT2D eigenvalue weighted by atomic mass is 10.2. The van der Waals surface area contributed by atoms with Crippen LogP contribution in [0.4, 0.5) is 11.6 Å². The summed E-state index contributed by atoms with van der Waals surface area (Å²) in [7, 11) is 0. The van der Waals surface area contributed by atoms with E-state index >= 15 is 0 Å². The van der Waals surface area contributed by atoms with Crippen LogP contribution in [0.15, 0.2) is 49.2 Å². The number of hydrogen-bond acceptors (Lipinski definition) is 4. The number of para-hydroxylation sites is 1. The summed E-state index contributed by atoms with van der Waals surface area (Å²) in [5, 5.41) is 2.99. The van der Waals surface area contributed by atoms with Gasteiger partial charge in [0.15, 0.2) is 0 Å². The van der Waals surface area contributed by atoms with Gasteiger partial charge in [-0.05, 0) is 24.1 Å². The van der Waals surface area contributed by atoms with E-state index < -0.39 is 0 Å². The third-order valence-corrected chi connectivity index (χ3v) is 3.41. The molecule has 1 amide bonds. The van der Waals surface area contributed by atoms with E-state index in [0.29, 0.717) is 24.7 Å². The van der Waals surface area contributed by atoms with E-state index in [4.69, 9.17) is 0 Å². The van der Waals surface area contributed by atoms with Gasteiger partial charge >= 0.3 is 0 Å². The van der Waals surface area contributed by atoms with Crippen LogP contribution < -0.4 is 10.2 Å². The van der Waals surface area contributed by atoms with Crippen molar-refractivity contribution in [2.45, 2.75) is 6.42 Å². The monoisotopic (exact) mass is 280 g/mol. The van der Waals surface area contributed by atoms with Crippen molar-refractivity contribution in [1.82, 2.24) is 9.97 Å². The molecule has 1 aromatic carbocycles. The van der Waals surface area contributed by atoms with Gasteiger partial charge in [-0.1, -0.05) is 24.3 Å². The third kappa shape index (κ3) is 2.63. The molecule has 106 valence electrons. The van der Waals surface area contributed by atoms with Crippen LogP contribution in [0.25, 0.3) is 0 Å². The van der Waals surface area contributed by atoms with Crippen LogP contribution >= 0.6 is 0 Å². The summed E-state index contributed by atoms with van der Waals surface area (Å²) in [5.74, 6) is 0.345. The topological polar surface area (TPSA) is 58.1 Å². The van der Waals surface area contributed by atoms with Gasteiger partial charge in [-0.25, -0.2) is 9.97 Å². The molecule has 0 unspecified atom stereocenters. The molecule has 0 radical (unpaired) electrons. The molecule has 1 aliphatic heterocycles. The summed E-state index contributed by atoms with van der Waals surface area (Å²) < 4.78 is 0. The summed E-state index contributed by atoms with van der Waals surface area (Å²) in [6.07, 6.45) is 4.19. The van der Waals surface area contributed by atoms with E-state index in [9.17, 15) is 4.79 Å². The van der Waals surface area contributed by atoms with Gasteiger partial charge in [0.25, 0.3) is 5.91 Å². The number of fused-ring (bicyclic) bond motifs is 1. The highest BCUT2D eigenvalue weighted by Crippen LogP contribution is 2.28. The molecule has 0 atom stereocenters. The Balaban J connectivity index is 1.84. The molecule has 0 fully saturated rings. The third-order valence-electron chi connectivity index (χ3n) is 3.41. The number of anilines is 2. The fourth-order valence-corrected chi connectivity index (χ4v) is 2.41. The predicted molar refractivity (Wildman–Crippen MR) is 82.5 cm³/mol. The molecule has 1 aliphatic rings. The van der Waals surface area contributed by atoms with Crippen LogP contribution in [0.5, 0.6) is 0 Å². The van der Waals surface area contributed by atoms with Crippen LogP contribution in [-0.2, 0) is 6.42 Å². The predicted octanol–water partition coefficient (Wildman–Crippen LogP) is 2.28. The molecule has 2 heterocycles. The average Bonchev–Trinajstić information content (AvgIpc) is 2.96. The van der Waals surface area contributed by atoms with Crippen LogP contribution in [0, 0.1) is 0 Å². The Morgan fingerprint density at radius 1 is 1.38 bits per heavy atom. The van der Waals surface area contributed by atoms with E-state index in [1.54, 1.807) is 23.2 Å². The van der Waals surface area contributed by atoms with E-state index in [-0.39, 0.29) is 5.91 Å². The van der Waals surface area contributed by atoms with Gasteiger partial charge in [0.2, 0.25) is 5.95 Å². The van der Waals surface area contributed by atoms with Crippen molar-refractivity contribution in [3.05, 3.63) is 60.4 Å². The highest BCUT2D eigenvalue weighted by atomic mass is 16.2. The second-order valence-electron chi connectivity index (χ2n) is 4.77. The van der Waals surface area contributed by atoms with Crippen LogP contribution in [-0.4, -0.2) is 29.0 Å². The van der Waals surface area contributed by atoms with E-state index in [1.807, 2.05) is 18.2 Å². The quantitative estimate of drug-likeness (QED) is 0.873. The number of nitrogens with one attached hydrogen (secondary N) is 1. The first-order valence-corrected chi connectivity index (χ1v) is 6.87. The molecule has 2 aromatic rings. The van der Waals surface area contributed by atoms with E-state index in [0.717, 1.165) is 12.1 Å². The highest BCUT2D eigenvalue weighted by molar-refractivity contribution is 6.06. The van der Waals surface area contributed by atoms with Crippen LogP contribution in [0.2, 0.25) is 0 Å². The lowest BCUT2D eigenvalue weighted by Crippen LogP contribution is -2.29. The molecule has 5 heteroatoms. The first-order chi connectivity index (χ1) is 10.3. The number of carbonyl (C=O) groups is 1. The summed E-state index contributed by atoms with van der Waals surface area (Å²) in [6, 6.07) is 9.61. The molecule has 5 nitrogen and oxygen atoms in total. The fourth-order valence-electron chi connectivity index (χ4n) is 2.41. The first-order valence-electron chi connectivity index (χ1n) is 6.87. The molecular formula is C16H16N4O. The number of carbonyl (C=O) groups excluding carboxylic acids is 1. The molecule has 0 aliphatic carbocycles. The van der Waals surface area contributed by atoms with Crippen molar-refractivity contribution in [1.29, 1.82) is 0 Å². The zero-order valence-electron chi connectivity index (χ0n) is 11.6. The van der Waals surface area contributed by atoms with Gasteiger partial charge in [0, 0.05) is 25.0 Å². The molecule has 0 saturated heterocycles. The van der Waals surface area contributed by atoms with Crippen molar-refractivity contribution in [3.8, 4) is 0 Å². The van der Waals surface area contributed by atoms with Crippen molar-refractivity contribution in [3.63, 3.8) is 0 Å². The molecule has 1 N–H and O–H groups in total. The molecule has 0 bridgehead atoms. The minimum Gasteiger partial charge on any atom is -0.351 e. The summed E-state index contributed by atoms with van der Waals surface area (Å²) in [6.45, 7) is 4.88.